The first-order chi connectivity index (χ1) is 15.4. The second-order valence-electron chi connectivity index (χ2n) is 8.04. The van der Waals surface area contributed by atoms with E-state index in [1.807, 2.05) is 48.2 Å². The highest BCUT2D eigenvalue weighted by atomic mass is 16.5. The van der Waals surface area contributed by atoms with Crippen molar-refractivity contribution in [3.8, 4) is 5.75 Å². The zero-order valence-corrected chi connectivity index (χ0v) is 18.5. The summed E-state index contributed by atoms with van der Waals surface area (Å²) in [6, 6.07) is 21.9. The maximum atomic E-state index is 13.5. The Labute approximate surface area is 188 Å². The summed E-state index contributed by atoms with van der Waals surface area (Å²) in [5.41, 5.74) is 9.63. The van der Waals surface area contributed by atoms with Gasteiger partial charge in [-0.2, -0.15) is 0 Å². The molecular weight excluding hydrogens is 402 g/mol. The van der Waals surface area contributed by atoms with E-state index in [2.05, 4.69) is 0 Å². The summed E-state index contributed by atoms with van der Waals surface area (Å²) in [5.74, 6) is 0.568. The molecule has 0 fully saturated rings. The van der Waals surface area contributed by atoms with Gasteiger partial charge in [-0.15, -0.1) is 0 Å². The van der Waals surface area contributed by atoms with E-state index in [-0.39, 0.29) is 23.9 Å². The number of nitrogens with zero attached hydrogens (tertiary/aromatic N) is 2. The van der Waals surface area contributed by atoms with Crippen molar-refractivity contribution in [1.82, 2.24) is 0 Å². The maximum absolute atomic E-state index is 13.5. The van der Waals surface area contributed by atoms with E-state index in [9.17, 15) is 9.59 Å². The van der Waals surface area contributed by atoms with Crippen molar-refractivity contribution in [1.29, 1.82) is 0 Å². The average Bonchev–Trinajstić information content (AvgIpc) is 2.80. The number of ether oxygens (including phenoxy) is 1. The number of nitrogens with two attached hydrogens (primary N) is 1. The molecule has 1 aliphatic heterocycles. The summed E-state index contributed by atoms with van der Waals surface area (Å²) >= 11 is 0. The van der Waals surface area contributed by atoms with E-state index >= 15 is 0 Å². The second kappa shape index (κ2) is 8.75. The number of hydrogen-bond donors (Lipinski definition) is 1. The summed E-state index contributed by atoms with van der Waals surface area (Å²) in [5, 5.41) is 0. The van der Waals surface area contributed by atoms with Crippen LogP contribution in [0.3, 0.4) is 0 Å². The van der Waals surface area contributed by atoms with Crippen molar-refractivity contribution in [2.75, 3.05) is 22.6 Å². The minimum Gasteiger partial charge on any atom is -0.497 e. The maximum Gasteiger partial charge on any atom is 0.258 e. The van der Waals surface area contributed by atoms with Crippen LogP contribution in [0, 0.1) is 0 Å². The van der Waals surface area contributed by atoms with Gasteiger partial charge in [0.15, 0.2) is 0 Å². The number of rotatable bonds is 4. The number of amides is 2. The topological polar surface area (TPSA) is 75.9 Å². The predicted octanol–water partition coefficient (Wildman–Crippen LogP) is 4.81. The van der Waals surface area contributed by atoms with Gasteiger partial charge in [-0.3, -0.25) is 9.59 Å². The molecule has 2 N–H and O–H groups in total. The first-order valence-electron chi connectivity index (χ1n) is 10.6. The number of nitrogen functional groups attached to an aromatic ring is 1. The molecule has 0 saturated heterocycles. The number of benzene rings is 3. The van der Waals surface area contributed by atoms with Crippen LogP contribution in [-0.2, 0) is 4.79 Å². The lowest BCUT2D eigenvalue weighted by Crippen LogP contribution is -2.47. The summed E-state index contributed by atoms with van der Waals surface area (Å²) < 4.78 is 5.21. The molecule has 0 aromatic heterocycles. The molecule has 0 unspecified atom stereocenters. The van der Waals surface area contributed by atoms with Gasteiger partial charge < -0.3 is 20.3 Å². The number of hydrogen-bond acceptors (Lipinski definition) is 4. The Morgan fingerprint density at radius 3 is 2.28 bits per heavy atom. The van der Waals surface area contributed by atoms with Crippen LogP contribution in [-0.4, -0.2) is 25.0 Å². The highest BCUT2D eigenvalue weighted by molar-refractivity contribution is 6.07. The highest BCUT2D eigenvalue weighted by Crippen LogP contribution is 2.42. The largest absolute Gasteiger partial charge is 0.497 e. The molecule has 0 saturated carbocycles. The number of carbonyl (C=O) groups is 2. The van der Waals surface area contributed by atoms with Gasteiger partial charge >= 0.3 is 0 Å². The fourth-order valence-electron chi connectivity index (χ4n) is 4.42. The molecule has 4 rings (SSSR count). The zero-order valence-electron chi connectivity index (χ0n) is 18.5. The average molecular weight is 430 g/mol. The SMILES string of the molecule is COc1ccc(C(=O)N2c3ccccc3[C@H](N(C(C)=O)c3ccc(N)cc3)C[C@@H]2C)cc1. The minimum atomic E-state index is -0.192. The monoisotopic (exact) mass is 429 g/mol. The van der Waals surface area contributed by atoms with Crippen LogP contribution in [0.5, 0.6) is 5.75 Å². The molecule has 32 heavy (non-hydrogen) atoms. The number of para-hydroxylation sites is 1. The van der Waals surface area contributed by atoms with Gasteiger partial charge in [0.2, 0.25) is 5.91 Å². The van der Waals surface area contributed by atoms with Crippen molar-refractivity contribution in [2.45, 2.75) is 32.4 Å². The summed E-state index contributed by atoms with van der Waals surface area (Å²) in [4.78, 5) is 29.8. The summed E-state index contributed by atoms with van der Waals surface area (Å²) in [6.45, 7) is 3.59. The van der Waals surface area contributed by atoms with Gasteiger partial charge in [0.1, 0.15) is 5.75 Å². The molecule has 2 atom stereocenters. The number of methoxy groups -OCH3 is 1. The molecule has 0 bridgehead atoms. The molecule has 0 aliphatic carbocycles. The number of fused-ring (bicyclic) bond motifs is 1. The second-order valence-corrected chi connectivity index (χ2v) is 8.04. The Balaban J connectivity index is 1.75. The molecule has 164 valence electrons. The van der Waals surface area contributed by atoms with Gasteiger partial charge in [0, 0.05) is 35.6 Å². The number of carbonyl (C=O) groups excluding carboxylic acids is 2. The van der Waals surface area contributed by atoms with Crippen LogP contribution in [0.25, 0.3) is 0 Å². The van der Waals surface area contributed by atoms with E-state index in [0.29, 0.717) is 23.4 Å². The van der Waals surface area contributed by atoms with Crippen LogP contribution in [0.2, 0.25) is 0 Å². The normalized spacial score (nSPS) is 17.4. The molecule has 6 nitrogen and oxygen atoms in total. The van der Waals surface area contributed by atoms with Crippen molar-refractivity contribution < 1.29 is 14.3 Å². The third kappa shape index (κ3) is 3.91. The Morgan fingerprint density at radius 2 is 1.66 bits per heavy atom. The first kappa shape index (κ1) is 21.4. The molecule has 6 heteroatoms. The zero-order chi connectivity index (χ0) is 22.8. The summed E-state index contributed by atoms with van der Waals surface area (Å²) in [7, 11) is 1.60. The smallest absolute Gasteiger partial charge is 0.258 e. The van der Waals surface area contributed by atoms with E-state index in [1.165, 1.54) is 0 Å². The van der Waals surface area contributed by atoms with Gasteiger partial charge in [-0.25, -0.2) is 0 Å². The Kier molecular flexibility index (Phi) is 5.86. The quantitative estimate of drug-likeness (QED) is 0.604. The lowest BCUT2D eigenvalue weighted by atomic mass is 9.89. The van der Waals surface area contributed by atoms with Crippen LogP contribution >= 0.6 is 0 Å². The first-order valence-corrected chi connectivity index (χ1v) is 10.6. The molecule has 3 aromatic carbocycles. The molecule has 0 spiro atoms. The lowest BCUT2D eigenvalue weighted by Gasteiger charge is -2.43. The van der Waals surface area contributed by atoms with E-state index < -0.39 is 0 Å². The van der Waals surface area contributed by atoms with Crippen LogP contribution in [0.1, 0.15) is 42.2 Å². The van der Waals surface area contributed by atoms with E-state index in [0.717, 1.165) is 16.9 Å². The predicted molar refractivity (Wildman–Crippen MR) is 127 cm³/mol. The summed E-state index contributed by atoms with van der Waals surface area (Å²) in [6.07, 6.45) is 0.614. The van der Waals surface area contributed by atoms with Gasteiger partial charge in [-0.1, -0.05) is 18.2 Å². The van der Waals surface area contributed by atoms with Gasteiger partial charge in [0.25, 0.3) is 5.91 Å². The number of anilines is 3. The van der Waals surface area contributed by atoms with Crippen LogP contribution in [0.4, 0.5) is 17.1 Å². The Bertz CT molecular complexity index is 1130. The fourth-order valence-corrected chi connectivity index (χ4v) is 4.42. The fraction of sp³-hybridized carbons (Fsp3) is 0.231. The lowest BCUT2D eigenvalue weighted by molar-refractivity contribution is -0.117. The highest BCUT2D eigenvalue weighted by Gasteiger charge is 2.38. The minimum absolute atomic E-state index is 0.0586. The Morgan fingerprint density at radius 1 is 1.00 bits per heavy atom. The third-order valence-electron chi connectivity index (χ3n) is 5.94. The third-order valence-corrected chi connectivity index (χ3v) is 5.94. The Hall–Kier alpha value is -3.80. The van der Waals surface area contributed by atoms with Crippen LogP contribution < -0.4 is 20.3 Å². The van der Waals surface area contributed by atoms with Crippen molar-refractivity contribution in [2.24, 2.45) is 0 Å². The molecule has 1 aliphatic rings. The molecular formula is C26H27N3O3. The standard InChI is InChI=1S/C26H27N3O3/c1-17-16-25(29(18(2)30)21-12-10-20(27)11-13-21)23-6-4-5-7-24(23)28(17)26(31)19-8-14-22(32-3)15-9-19/h4-15,17,25H,16,27H2,1-3H3/t17-,25+/m0/s1. The molecule has 1 heterocycles. The van der Waals surface area contributed by atoms with Crippen molar-refractivity contribution in [3.05, 3.63) is 83.9 Å². The van der Waals surface area contributed by atoms with Gasteiger partial charge in [0.05, 0.1) is 13.2 Å². The van der Waals surface area contributed by atoms with Crippen molar-refractivity contribution >= 4 is 28.9 Å². The van der Waals surface area contributed by atoms with Gasteiger partial charge in [-0.05, 0) is 73.5 Å². The van der Waals surface area contributed by atoms with E-state index in [4.69, 9.17) is 10.5 Å². The molecule has 0 radical (unpaired) electrons. The molecule has 2 amide bonds. The van der Waals surface area contributed by atoms with Crippen molar-refractivity contribution in [3.63, 3.8) is 0 Å². The van der Waals surface area contributed by atoms with E-state index in [1.54, 1.807) is 55.3 Å². The van der Waals surface area contributed by atoms with Crippen LogP contribution in [0.15, 0.2) is 72.8 Å². The molecule has 3 aromatic rings.